The van der Waals surface area contributed by atoms with Crippen molar-refractivity contribution in [3.05, 3.63) is 0 Å². The van der Waals surface area contributed by atoms with Gasteiger partial charge in [0.2, 0.25) is 5.91 Å². The van der Waals surface area contributed by atoms with E-state index in [0.717, 1.165) is 12.8 Å². The summed E-state index contributed by atoms with van der Waals surface area (Å²) in [5.74, 6) is -0.532. The van der Waals surface area contributed by atoms with Crippen LogP contribution in [0.1, 0.15) is 19.3 Å². The van der Waals surface area contributed by atoms with Crippen LogP contribution in [-0.4, -0.2) is 49.2 Å². The fourth-order valence-corrected chi connectivity index (χ4v) is 1.78. The Kier molecular flexibility index (Phi) is 4.76. The van der Waals surface area contributed by atoms with Crippen LogP contribution in [0.5, 0.6) is 0 Å². The zero-order valence-electron chi connectivity index (χ0n) is 9.76. The monoisotopic (exact) mass is 253 g/mol. The van der Waals surface area contributed by atoms with Gasteiger partial charge in [-0.3, -0.25) is 9.69 Å². The molecule has 0 aliphatic heterocycles. The second-order valence-corrected chi connectivity index (χ2v) is 4.35. The van der Waals surface area contributed by atoms with Crippen LogP contribution in [-0.2, 0) is 4.79 Å². The van der Waals surface area contributed by atoms with Crippen LogP contribution in [0.3, 0.4) is 0 Å². The molecule has 0 aromatic carbocycles. The Morgan fingerprint density at radius 2 is 2.12 bits per heavy atom. The summed E-state index contributed by atoms with van der Waals surface area (Å²) in [6.07, 6.45) is -2.28. The van der Waals surface area contributed by atoms with Crippen molar-refractivity contribution in [2.75, 3.05) is 20.1 Å². The molecule has 0 heterocycles. The van der Waals surface area contributed by atoms with E-state index in [4.69, 9.17) is 5.73 Å². The summed E-state index contributed by atoms with van der Waals surface area (Å²) < 4.78 is 36.9. The molecule has 3 N–H and O–H groups in total. The Hall–Kier alpha value is -0.820. The van der Waals surface area contributed by atoms with Crippen molar-refractivity contribution in [2.24, 2.45) is 5.73 Å². The maximum Gasteiger partial charge on any atom is 0.401 e. The van der Waals surface area contributed by atoms with Gasteiger partial charge in [0.15, 0.2) is 0 Å². The normalized spacial score (nSPS) is 18.4. The van der Waals surface area contributed by atoms with Gasteiger partial charge >= 0.3 is 6.18 Å². The molecule has 1 fully saturated rings. The second kappa shape index (κ2) is 5.68. The number of rotatable bonds is 7. The first-order chi connectivity index (χ1) is 7.83. The highest BCUT2D eigenvalue weighted by atomic mass is 19.4. The molecule has 100 valence electrons. The third kappa shape index (κ3) is 5.36. The van der Waals surface area contributed by atoms with E-state index in [0.29, 0.717) is 6.42 Å². The van der Waals surface area contributed by atoms with E-state index >= 15 is 0 Å². The first kappa shape index (κ1) is 14.2. The zero-order valence-corrected chi connectivity index (χ0v) is 9.76. The largest absolute Gasteiger partial charge is 0.401 e. The third-order valence-electron chi connectivity index (χ3n) is 2.84. The van der Waals surface area contributed by atoms with Crippen LogP contribution in [0.2, 0.25) is 0 Å². The molecule has 0 aromatic rings. The van der Waals surface area contributed by atoms with Crippen molar-refractivity contribution >= 4 is 5.91 Å². The number of hydrogen-bond acceptors (Lipinski definition) is 3. The number of halogens is 3. The van der Waals surface area contributed by atoms with E-state index in [9.17, 15) is 18.0 Å². The van der Waals surface area contributed by atoms with Crippen LogP contribution >= 0.6 is 0 Å². The zero-order chi connectivity index (χ0) is 13.1. The lowest BCUT2D eigenvalue weighted by atomic mass is 10.2. The summed E-state index contributed by atoms with van der Waals surface area (Å²) >= 11 is 0. The van der Waals surface area contributed by atoms with E-state index in [1.165, 1.54) is 4.90 Å². The number of amides is 1. The van der Waals surface area contributed by atoms with Gasteiger partial charge in [0, 0.05) is 12.6 Å². The van der Waals surface area contributed by atoms with Gasteiger partial charge in [0.05, 0.1) is 12.6 Å². The summed E-state index contributed by atoms with van der Waals surface area (Å²) in [5, 5.41) is 2.70. The Bertz CT molecular complexity index is 266. The summed E-state index contributed by atoms with van der Waals surface area (Å²) in [6.45, 7) is -0.675. The summed E-state index contributed by atoms with van der Waals surface area (Å²) in [5.41, 5.74) is 5.11. The molecule has 1 aliphatic carbocycles. The Labute approximate surface area is 98.3 Å². The SMILES string of the molecule is CNC(CCN(CC(F)(F)F)C1CC1)C(N)=O. The molecule has 7 heteroatoms. The van der Waals surface area contributed by atoms with Crippen LogP contribution in [0, 0.1) is 0 Å². The fraction of sp³-hybridized carbons (Fsp3) is 0.900. The maximum absolute atomic E-state index is 12.3. The van der Waals surface area contributed by atoms with E-state index in [-0.39, 0.29) is 12.6 Å². The van der Waals surface area contributed by atoms with E-state index in [2.05, 4.69) is 5.32 Å². The maximum atomic E-state index is 12.3. The molecular formula is C10H18F3N3O. The molecule has 0 aromatic heterocycles. The van der Waals surface area contributed by atoms with Crippen LogP contribution in [0.15, 0.2) is 0 Å². The molecule has 17 heavy (non-hydrogen) atoms. The number of carbonyl (C=O) groups is 1. The van der Waals surface area contributed by atoms with Crippen molar-refractivity contribution in [3.63, 3.8) is 0 Å². The topological polar surface area (TPSA) is 58.4 Å². The van der Waals surface area contributed by atoms with Gasteiger partial charge in [-0.15, -0.1) is 0 Å². The molecule has 0 saturated heterocycles. The number of nitrogens with two attached hydrogens (primary N) is 1. The average Bonchev–Trinajstić information content (AvgIpc) is 2.97. The first-order valence-corrected chi connectivity index (χ1v) is 5.61. The molecule has 4 nitrogen and oxygen atoms in total. The molecular weight excluding hydrogens is 235 g/mol. The van der Waals surface area contributed by atoms with Crippen molar-refractivity contribution in [1.29, 1.82) is 0 Å². The van der Waals surface area contributed by atoms with Crippen LogP contribution < -0.4 is 11.1 Å². The van der Waals surface area contributed by atoms with Gasteiger partial charge in [0.25, 0.3) is 0 Å². The minimum atomic E-state index is -4.19. The van der Waals surface area contributed by atoms with E-state index in [1.807, 2.05) is 0 Å². The highest BCUT2D eigenvalue weighted by Gasteiger charge is 2.38. The van der Waals surface area contributed by atoms with Crippen molar-refractivity contribution in [1.82, 2.24) is 10.2 Å². The number of primary amides is 1. The number of hydrogen-bond donors (Lipinski definition) is 2. The lowest BCUT2D eigenvalue weighted by molar-refractivity contribution is -0.147. The van der Waals surface area contributed by atoms with Crippen molar-refractivity contribution in [3.8, 4) is 0 Å². The van der Waals surface area contributed by atoms with Crippen molar-refractivity contribution in [2.45, 2.75) is 37.5 Å². The van der Waals surface area contributed by atoms with Gasteiger partial charge in [-0.1, -0.05) is 0 Å². The van der Waals surface area contributed by atoms with Crippen molar-refractivity contribution < 1.29 is 18.0 Å². The summed E-state index contributed by atoms with van der Waals surface area (Å²) in [6, 6.07) is -0.550. The average molecular weight is 253 g/mol. The van der Waals surface area contributed by atoms with Crippen LogP contribution in [0.4, 0.5) is 13.2 Å². The lowest BCUT2D eigenvalue weighted by Gasteiger charge is -2.24. The minimum Gasteiger partial charge on any atom is -0.368 e. The lowest BCUT2D eigenvalue weighted by Crippen LogP contribution is -2.44. The fourth-order valence-electron chi connectivity index (χ4n) is 1.78. The minimum absolute atomic E-state index is 0.0157. The highest BCUT2D eigenvalue weighted by molar-refractivity contribution is 5.79. The third-order valence-corrected chi connectivity index (χ3v) is 2.84. The first-order valence-electron chi connectivity index (χ1n) is 5.61. The molecule has 0 bridgehead atoms. The Morgan fingerprint density at radius 3 is 2.47 bits per heavy atom. The highest BCUT2D eigenvalue weighted by Crippen LogP contribution is 2.30. The smallest absolute Gasteiger partial charge is 0.368 e. The second-order valence-electron chi connectivity index (χ2n) is 4.35. The van der Waals surface area contributed by atoms with Gasteiger partial charge in [0.1, 0.15) is 0 Å². The molecule has 0 radical (unpaired) electrons. The molecule has 1 unspecified atom stereocenters. The molecule has 1 rings (SSSR count). The van der Waals surface area contributed by atoms with Gasteiger partial charge in [-0.05, 0) is 26.3 Å². The predicted octanol–water partition coefficient (Wildman–Crippen LogP) is 0.477. The predicted molar refractivity (Wildman–Crippen MR) is 57.3 cm³/mol. The van der Waals surface area contributed by atoms with Gasteiger partial charge in [-0.25, -0.2) is 0 Å². The molecule has 0 spiro atoms. The number of likely N-dealkylation sites (N-methyl/N-ethyl adjacent to an activating group) is 1. The number of nitrogens with zero attached hydrogens (tertiary/aromatic N) is 1. The van der Waals surface area contributed by atoms with Crippen LogP contribution in [0.25, 0.3) is 0 Å². The van der Waals surface area contributed by atoms with E-state index < -0.39 is 24.7 Å². The standard InChI is InChI=1S/C10H18F3N3O/c1-15-8(9(14)17)4-5-16(7-2-3-7)6-10(11,12)13/h7-8,15H,2-6H2,1H3,(H2,14,17). The Balaban J connectivity index is 2.41. The van der Waals surface area contributed by atoms with Gasteiger partial charge < -0.3 is 11.1 Å². The molecule has 1 amide bonds. The summed E-state index contributed by atoms with van der Waals surface area (Å²) in [4.78, 5) is 12.3. The van der Waals surface area contributed by atoms with Gasteiger partial charge in [-0.2, -0.15) is 13.2 Å². The molecule has 1 saturated carbocycles. The quantitative estimate of drug-likeness (QED) is 0.693. The number of carbonyl (C=O) groups excluding carboxylic acids is 1. The Morgan fingerprint density at radius 1 is 1.53 bits per heavy atom. The molecule has 1 atom stereocenters. The molecule has 1 aliphatic rings. The number of nitrogens with one attached hydrogen (secondary N) is 1. The summed E-state index contributed by atoms with van der Waals surface area (Å²) in [7, 11) is 1.57. The number of alkyl halides is 3. The van der Waals surface area contributed by atoms with E-state index in [1.54, 1.807) is 7.05 Å².